The van der Waals surface area contributed by atoms with Crippen LogP contribution in [0.4, 0.5) is 4.39 Å². The summed E-state index contributed by atoms with van der Waals surface area (Å²) in [7, 11) is 3.07. The molecule has 1 heterocycles. The second kappa shape index (κ2) is 6.75. The number of rotatable bonds is 5. The van der Waals surface area contributed by atoms with Gasteiger partial charge in [0.1, 0.15) is 5.56 Å². The summed E-state index contributed by atoms with van der Waals surface area (Å²) < 4.78 is 17.7. The maximum absolute atomic E-state index is 13.2. The van der Waals surface area contributed by atoms with Gasteiger partial charge in [0.2, 0.25) is 5.95 Å². The molecule has 0 aliphatic heterocycles. The Kier molecular flexibility index (Phi) is 5.29. The Hall–Kier alpha value is -1.75. The van der Waals surface area contributed by atoms with Gasteiger partial charge in [-0.3, -0.25) is 0 Å². The summed E-state index contributed by atoms with van der Waals surface area (Å²) in [5, 5.41) is 3.00. The Labute approximate surface area is 99.5 Å². The second-order valence-corrected chi connectivity index (χ2v) is 3.39. The van der Waals surface area contributed by atoms with Gasteiger partial charge in [0, 0.05) is 6.20 Å². The summed E-state index contributed by atoms with van der Waals surface area (Å²) in [5.74, 6) is -1.54. The van der Waals surface area contributed by atoms with Crippen LogP contribution in [0.15, 0.2) is 18.3 Å². The molecule has 0 radical (unpaired) electrons. The predicted molar refractivity (Wildman–Crippen MR) is 63.1 cm³/mol. The van der Waals surface area contributed by atoms with Crippen LogP contribution in [0.1, 0.15) is 22.3 Å². The molecule has 0 amide bonds. The van der Waals surface area contributed by atoms with E-state index >= 15 is 0 Å². The lowest BCUT2D eigenvalue weighted by atomic mass is 10.2. The highest BCUT2D eigenvalue weighted by Crippen LogP contribution is 2.10. The zero-order valence-electron chi connectivity index (χ0n) is 9.87. The van der Waals surface area contributed by atoms with Crippen LogP contribution in [-0.2, 0) is 4.74 Å². The van der Waals surface area contributed by atoms with Crippen molar-refractivity contribution in [3.8, 4) is 0 Å². The number of aromatic nitrogens is 1. The van der Waals surface area contributed by atoms with Gasteiger partial charge in [0.25, 0.3) is 0 Å². The Balaban J connectivity index is 2.81. The van der Waals surface area contributed by atoms with Crippen LogP contribution in [0.3, 0.4) is 0 Å². The van der Waals surface area contributed by atoms with E-state index in [1.54, 1.807) is 6.08 Å². The van der Waals surface area contributed by atoms with Gasteiger partial charge in [0.05, 0.1) is 7.11 Å². The molecule has 0 aliphatic rings. The molecule has 4 nitrogen and oxygen atoms in total. The number of carbonyl (C=O) groups is 1. The third-order valence-corrected chi connectivity index (χ3v) is 2.14. The lowest BCUT2D eigenvalue weighted by Crippen LogP contribution is -2.06. The molecule has 1 N–H and O–H groups in total. The van der Waals surface area contributed by atoms with Crippen LogP contribution >= 0.6 is 0 Å². The molecule has 0 aromatic carbocycles. The van der Waals surface area contributed by atoms with Gasteiger partial charge in [-0.05, 0) is 31.6 Å². The van der Waals surface area contributed by atoms with E-state index in [0.29, 0.717) is 5.56 Å². The van der Waals surface area contributed by atoms with Gasteiger partial charge in [-0.1, -0.05) is 12.2 Å². The Morgan fingerprint density at radius 2 is 2.41 bits per heavy atom. The molecule has 0 atom stereocenters. The minimum atomic E-state index is -0.816. The van der Waals surface area contributed by atoms with Crippen LogP contribution in [0.25, 0.3) is 6.08 Å². The number of nitrogens with zero attached hydrogens (tertiary/aromatic N) is 1. The van der Waals surface area contributed by atoms with E-state index in [4.69, 9.17) is 0 Å². The molecular formula is C12H15FN2O2. The number of methoxy groups -OCH3 is 1. The highest BCUT2D eigenvalue weighted by Gasteiger charge is 2.13. The predicted octanol–water partition coefficient (Wildman–Crippen LogP) is 1.63. The SMILES string of the molecule is CNCCC=Cc1cnc(F)c(C(=O)OC)c1. The van der Waals surface area contributed by atoms with Crippen molar-refractivity contribution in [1.82, 2.24) is 10.3 Å². The topological polar surface area (TPSA) is 51.2 Å². The van der Waals surface area contributed by atoms with Gasteiger partial charge in [0.15, 0.2) is 0 Å². The summed E-state index contributed by atoms with van der Waals surface area (Å²) in [6.45, 7) is 0.856. The van der Waals surface area contributed by atoms with E-state index in [0.717, 1.165) is 13.0 Å². The van der Waals surface area contributed by atoms with Gasteiger partial charge >= 0.3 is 5.97 Å². The van der Waals surface area contributed by atoms with E-state index in [9.17, 15) is 9.18 Å². The number of ether oxygens (including phenoxy) is 1. The van der Waals surface area contributed by atoms with Gasteiger partial charge in [-0.15, -0.1) is 0 Å². The van der Waals surface area contributed by atoms with Crippen molar-refractivity contribution < 1.29 is 13.9 Å². The molecule has 17 heavy (non-hydrogen) atoms. The minimum absolute atomic E-state index is 0.150. The van der Waals surface area contributed by atoms with Crippen molar-refractivity contribution in [2.24, 2.45) is 0 Å². The molecule has 1 aromatic rings. The number of nitrogens with one attached hydrogen (secondary N) is 1. The maximum atomic E-state index is 13.2. The standard InChI is InChI=1S/C12H15FN2O2/c1-14-6-4-3-5-9-7-10(12(16)17-2)11(13)15-8-9/h3,5,7-8,14H,4,6H2,1-2H3. The molecule has 5 heteroatoms. The molecule has 0 saturated heterocycles. The number of esters is 1. The maximum Gasteiger partial charge on any atom is 0.342 e. The summed E-state index contributed by atoms with van der Waals surface area (Å²) >= 11 is 0. The Bertz CT molecular complexity index is 419. The molecule has 0 bridgehead atoms. The first-order valence-corrected chi connectivity index (χ1v) is 5.24. The minimum Gasteiger partial charge on any atom is -0.465 e. The molecule has 0 fully saturated rings. The first-order chi connectivity index (χ1) is 8.19. The highest BCUT2D eigenvalue weighted by molar-refractivity contribution is 5.89. The van der Waals surface area contributed by atoms with Gasteiger partial charge < -0.3 is 10.1 Å². The van der Waals surface area contributed by atoms with Gasteiger partial charge in [-0.2, -0.15) is 4.39 Å². The average molecular weight is 238 g/mol. The zero-order chi connectivity index (χ0) is 12.7. The summed E-state index contributed by atoms with van der Waals surface area (Å²) in [6.07, 6.45) is 5.93. The summed E-state index contributed by atoms with van der Waals surface area (Å²) in [5.41, 5.74) is 0.520. The van der Waals surface area contributed by atoms with Crippen molar-refractivity contribution in [2.75, 3.05) is 20.7 Å². The Morgan fingerprint density at radius 1 is 1.65 bits per heavy atom. The van der Waals surface area contributed by atoms with E-state index in [1.165, 1.54) is 19.4 Å². The number of hydrogen-bond donors (Lipinski definition) is 1. The molecule has 92 valence electrons. The normalized spacial score (nSPS) is 10.8. The molecule has 0 unspecified atom stereocenters. The smallest absolute Gasteiger partial charge is 0.342 e. The van der Waals surface area contributed by atoms with Crippen LogP contribution in [0.5, 0.6) is 0 Å². The number of carbonyl (C=O) groups excluding carboxylic acids is 1. The fourth-order valence-electron chi connectivity index (χ4n) is 1.26. The largest absolute Gasteiger partial charge is 0.465 e. The molecule has 1 rings (SSSR count). The van der Waals surface area contributed by atoms with Crippen molar-refractivity contribution in [2.45, 2.75) is 6.42 Å². The van der Waals surface area contributed by atoms with E-state index in [-0.39, 0.29) is 5.56 Å². The monoisotopic (exact) mass is 238 g/mol. The first-order valence-electron chi connectivity index (χ1n) is 5.24. The van der Waals surface area contributed by atoms with Gasteiger partial charge in [-0.25, -0.2) is 9.78 Å². The van der Waals surface area contributed by atoms with Crippen molar-refractivity contribution in [3.05, 3.63) is 35.4 Å². The zero-order valence-corrected chi connectivity index (χ0v) is 9.87. The van der Waals surface area contributed by atoms with Crippen LogP contribution < -0.4 is 5.32 Å². The van der Waals surface area contributed by atoms with Crippen molar-refractivity contribution in [1.29, 1.82) is 0 Å². The molecule has 1 aromatic heterocycles. The number of pyridine rings is 1. The first kappa shape index (κ1) is 13.3. The third-order valence-electron chi connectivity index (χ3n) is 2.14. The van der Waals surface area contributed by atoms with E-state index in [1.807, 2.05) is 13.1 Å². The van der Waals surface area contributed by atoms with E-state index in [2.05, 4.69) is 15.0 Å². The van der Waals surface area contributed by atoms with Crippen LogP contribution in [-0.4, -0.2) is 31.7 Å². The lowest BCUT2D eigenvalue weighted by molar-refractivity contribution is 0.0594. The van der Waals surface area contributed by atoms with Crippen molar-refractivity contribution >= 4 is 12.0 Å². The summed E-state index contributed by atoms with van der Waals surface area (Å²) in [6, 6.07) is 1.42. The molecular weight excluding hydrogens is 223 g/mol. The number of hydrogen-bond acceptors (Lipinski definition) is 4. The number of halogens is 1. The van der Waals surface area contributed by atoms with Crippen LogP contribution in [0, 0.1) is 5.95 Å². The summed E-state index contributed by atoms with van der Waals surface area (Å²) in [4.78, 5) is 14.7. The van der Waals surface area contributed by atoms with Crippen LogP contribution in [0.2, 0.25) is 0 Å². The average Bonchev–Trinajstić information content (AvgIpc) is 2.35. The second-order valence-electron chi connectivity index (χ2n) is 3.39. The fraction of sp³-hybridized carbons (Fsp3) is 0.333. The van der Waals surface area contributed by atoms with E-state index < -0.39 is 11.9 Å². The molecule has 0 aliphatic carbocycles. The highest BCUT2D eigenvalue weighted by atomic mass is 19.1. The molecule has 0 spiro atoms. The van der Waals surface area contributed by atoms with Crippen molar-refractivity contribution in [3.63, 3.8) is 0 Å². The molecule has 0 saturated carbocycles. The Morgan fingerprint density at radius 3 is 3.06 bits per heavy atom. The quantitative estimate of drug-likeness (QED) is 0.481. The lowest BCUT2D eigenvalue weighted by Gasteiger charge is -2.01. The fourth-order valence-corrected chi connectivity index (χ4v) is 1.26. The third kappa shape index (κ3) is 3.96.